The van der Waals surface area contributed by atoms with E-state index >= 15 is 0 Å². The third-order valence-electron chi connectivity index (χ3n) is 4.77. The van der Waals surface area contributed by atoms with Crippen LogP contribution in [0.1, 0.15) is 63.0 Å². The van der Waals surface area contributed by atoms with E-state index < -0.39 is 0 Å². The Morgan fingerprint density at radius 3 is 2.11 bits per heavy atom. The SMILES string of the molecule is CCOc1ccc(C(=O)N(CC)CC)cc1COc1ccc(C(C)(C)C)cc1. The fourth-order valence-corrected chi connectivity index (χ4v) is 3.03. The van der Waals surface area contributed by atoms with E-state index in [0.29, 0.717) is 31.9 Å². The molecule has 0 fully saturated rings. The van der Waals surface area contributed by atoms with Gasteiger partial charge >= 0.3 is 0 Å². The summed E-state index contributed by atoms with van der Waals surface area (Å²) in [6.45, 7) is 14.8. The Labute approximate surface area is 169 Å². The Morgan fingerprint density at radius 2 is 1.57 bits per heavy atom. The summed E-state index contributed by atoms with van der Waals surface area (Å²) in [6.07, 6.45) is 0. The summed E-state index contributed by atoms with van der Waals surface area (Å²) in [5.41, 5.74) is 2.91. The zero-order valence-corrected chi connectivity index (χ0v) is 18.0. The number of hydrogen-bond donors (Lipinski definition) is 0. The molecule has 4 heteroatoms. The van der Waals surface area contributed by atoms with Gasteiger partial charge in [0.1, 0.15) is 18.1 Å². The van der Waals surface area contributed by atoms with Crippen molar-refractivity contribution < 1.29 is 14.3 Å². The molecule has 0 saturated carbocycles. The summed E-state index contributed by atoms with van der Waals surface area (Å²) in [6, 6.07) is 13.7. The highest BCUT2D eigenvalue weighted by molar-refractivity contribution is 5.94. The number of ether oxygens (including phenoxy) is 2. The molecule has 2 aromatic rings. The molecule has 0 aliphatic carbocycles. The molecular weight excluding hydrogens is 350 g/mol. The minimum absolute atomic E-state index is 0.0313. The summed E-state index contributed by atoms with van der Waals surface area (Å²) in [5.74, 6) is 1.59. The third kappa shape index (κ3) is 5.51. The molecule has 0 N–H and O–H groups in total. The van der Waals surface area contributed by atoms with Gasteiger partial charge in [0.15, 0.2) is 0 Å². The van der Waals surface area contributed by atoms with E-state index in [0.717, 1.165) is 17.1 Å². The van der Waals surface area contributed by atoms with Crippen LogP contribution in [0.2, 0.25) is 0 Å². The molecular formula is C24H33NO3. The fraction of sp³-hybridized carbons (Fsp3) is 0.458. The van der Waals surface area contributed by atoms with E-state index in [4.69, 9.17) is 9.47 Å². The summed E-state index contributed by atoms with van der Waals surface area (Å²) >= 11 is 0. The number of rotatable bonds is 8. The molecule has 152 valence electrons. The molecule has 0 aliphatic heterocycles. The van der Waals surface area contributed by atoms with Gasteiger partial charge in [-0.2, -0.15) is 0 Å². The number of carbonyl (C=O) groups excluding carboxylic acids is 1. The molecule has 2 aromatic carbocycles. The minimum atomic E-state index is 0.0313. The molecule has 0 heterocycles. The Kier molecular flexibility index (Phi) is 7.50. The van der Waals surface area contributed by atoms with Crippen LogP contribution in [0.25, 0.3) is 0 Å². The van der Waals surface area contributed by atoms with Crippen LogP contribution in [0.3, 0.4) is 0 Å². The van der Waals surface area contributed by atoms with Crippen molar-refractivity contribution in [3.05, 3.63) is 59.2 Å². The van der Waals surface area contributed by atoms with Crippen LogP contribution in [-0.4, -0.2) is 30.5 Å². The Balaban J connectivity index is 2.20. The molecule has 28 heavy (non-hydrogen) atoms. The van der Waals surface area contributed by atoms with Gasteiger partial charge in [-0.25, -0.2) is 0 Å². The van der Waals surface area contributed by atoms with Crippen LogP contribution in [-0.2, 0) is 12.0 Å². The van der Waals surface area contributed by atoms with Crippen molar-refractivity contribution in [2.45, 2.75) is 53.6 Å². The molecule has 2 rings (SSSR count). The average Bonchev–Trinajstić information content (AvgIpc) is 2.68. The van der Waals surface area contributed by atoms with E-state index in [9.17, 15) is 4.79 Å². The number of benzene rings is 2. The maximum absolute atomic E-state index is 12.7. The van der Waals surface area contributed by atoms with Crippen molar-refractivity contribution in [3.8, 4) is 11.5 Å². The van der Waals surface area contributed by atoms with Crippen LogP contribution in [0.5, 0.6) is 11.5 Å². The topological polar surface area (TPSA) is 38.8 Å². The fourth-order valence-electron chi connectivity index (χ4n) is 3.03. The molecule has 0 aromatic heterocycles. The Hall–Kier alpha value is -2.49. The van der Waals surface area contributed by atoms with Crippen LogP contribution in [0, 0.1) is 0 Å². The highest BCUT2D eigenvalue weighted by atomic mass is 16.5. The van der Waals surface area contributed by atoms with E-state index in [1.165, 1.54) is 5.56 Å². The van der Waals surface area contributed by atoms with Crippen LogP contribution in [0.15, 0.2) is 42.5 Å². The lowest BCUT2D eigenvalue weighted by Gasteiger charge is -2.20. The Bertz CT molecular complexity index is 771. The molecule has 0 bridgehead atoms. The quantitative estimate of drug-likeness (QED) is 0.609. The van der Waals surface area contributed by atoms with Crippen molar-refractivity contribution in [1.29, 1.82) is 0 Å². The van der Waals surface area contributed by atoms with Crippen molar-refractivity contribution in [2.24, 2.45) is 0 Å². The number of nitrogens with zero attached hydrogens (tertiary/aromatic N) is 1. The van der Waals surface area contributed by atoms with E-state index in [2.05, 4.69) is 32.9 Å². The number of carbonyl (C=O) groups is 1. The van der Waals surface area contributed by atoms with Gasteiger partial charge in [-0.15, -0.1) is 0 Å². The Morgan fingerprint density at radius 1 is 0.929 bits per heavy atom. The monoisotopic (exact) mass is 383 g/mol. The van der Waals surface area contributed by atoms with Gasteiger partial charge in [-0.1, -0.05) is 32.9 Å². The standard InChI is InChI=1S/C24H33NO3/c1-7-25(8-2)23(26)18-10-15-22(27-9-3)19(16-18)17-28-21-13-11-20(12-14-21)24(4,5)6/h10-16H,7-9,17H2,1-6H3. The lowest BCUT2D eigenvalue weighted by molar-refractivity contribution is 0.0772. The minimum Gasteiger partial charge on any atom is -0.493 e. The predicted octanol–water partition coefficient (Wildman–Crippen LogP) is 5.44. The molecule has 0 saturated heterocycles. The van der Waals surface area contributed by atoms with E-state index in [1.54, 1.807) is 0 Å². The third-order valence-corrected chi connectivity index (χ3v) is 4.77. The summed E-state index contributed by atoms with van der Waals surface area (Å²) in [5, 5.41) is 0. The maximum atomic E-state index is 12.7. The normalized spacial score (nSPS) is 11.2. The second kappa shape index (κ2) is 9.63. The molecule has 0 atom stereocenters. The van der Waals surface area contributed by atoms with E-state index in [1.807, 2.05) is 56.0 Å². The van der Waals surface area contributed by atoms with Gasteiger partial charge in [0.05, 0.1) is 6.61 Å². The number of amides is 1. The first-order chi connectivity index (χ1) is 13.3. The largest absolute Gasteiger partial charge is 0.493 e. The van der Waals surface area contributed by atoms with Gasteiger partial charge in [-0.05, 0) is 62.1 Å². The molecule has 0 unspecified atom stereocenters. The molecule has 0 radical (unpaired) electrons. The zero-order valence-electron chi connectivity index (χ0n) is 18.0. The highest BCUT2D eigenvalue weighted by Gasteiger charge is 2.16. The second-order valence-corrected chi connectivity index (χ2v) is 7.80. The molecule has 0 aliphatic rings. The summed E-state index contributed by atoms with van der Waals surface area (Å²) in [4.78, 5) is 14.5. The van der Waals surface area contributed by atoms with Gasteiger partial charge < -0.3 is 14.4 Å². The van der Waals surface area contributed by atoms with Crippen molar-refractivity contribution in [3.63, 3.8) is 0 Å². The van der Waals surface area contributed by atoms with Crippen molar-refractivity contribution >= 4 is 5.91 Å². The predicted molar refractivity (Wildman–Crippen MR) is 114 cm³/mol. The summed E-state index contributed by atoms with van der Waals surface area (Å²) in [7, 11) is 0. The van der Waals surface area contributed by atoms with Crippen LogP contribution in [0.4, 0.5) is 0 Å². The summed E-state index contributed by atoms with van der Waals surface area (Å²) < 4.78 is 11.7. The van der Waals surface area contributed by atoms with Crippen molar-refractivity contribution in [2.75, 3.05) is 19.7 Å². The lowest BCUT2D eigenvalue weighted by Crippen LogP contribution is -2.30. The van der Waals surface area contributed by atoms with Gasteiger partial charge in [0.2, 0.25) is 0 Å². The van der Waals surface area contributed by atoms with Gasteiger partial charge in [0.25, 0.3) is 5.91 Å². The molecule has 4 nitrogen and oxygen atoms in total. The van der Waals surface area contributed by atoms with Crippen LogP contribution >= 0.6 is 0 Å². The van der Waals surface area contributed by atoms with Gasteiger partial charge in [-0.3, -0.25) is 4.79 Å². The van der Waals surface area contributed by atoms with Gasteiger partial charge in [0, 0.05) is 24.2 Å². The van der Waals surface area contributed by atoms with Crippen LogP contribution < -0.4 is 9.47 Å². The number of hydrogen-bond acceptors (Lipinski definition) is 3. The first kappa shape index (κ1) is 21.8. The molecule has 1 amide bonds. The maximum Gasteiger partial charge on any atom is 0.253 e. The second-order valence-electron chi connectivity index (χ2n) is 7.80. The van der Waals surface area contributed by atoms with Crippen molar-refractivity contribution in [1.82, 2.24) is 4.90 Å². The first-order valence-corrected chi connectivity index (χ1v) is 10.1. The first-order valence-electron chi connectivity index (χ1n) is 10.1. The average molecular weight is 384 g/mol. The smallest absolute Gasteiger partial charge is 0.253 e. The lowest BCUT2D eigenvalue weighted by atomic mass is 9.87. The highest BCUT2D eigenvalue weighted by Crippen LogP contribution is 2.26. The van der Waals surface area contributed by atoms with E-state index in [-0.39, 0.29) is 11.3 Å². The zero-order chi connectivity index (χ0) is 20.7. The molecule has 0 spiro atoms.